The Balaban J connectivity index is 2.23. The molecule has 1 aliphatic rings. The van der Waals surface area contributed by atoms with Gasteiger partial charge in [0, 0.05) is 19.3 Å². The molecule has 4 nitrogen and oxygen atoms in total. The van der Waals surface area contributed by atoms with Crippen LogP contribution in [0.3, 0.4) is 0 Å². The van der Waals surface area contributed by atoms with Crippen molar-refractivity contribution in [3.05, 3.63) is 35.7 Å². The number of nitrogens with zero attached hydrogens (tertiary/aromatic N) is 2. The van der Waals surface area contributed by atoms with E-state index in [1.165, 1.54) is 11.8 Å². The fraction of sp³-hybridized carbons (Fsp3) is 0.467. The van der Waals surface area contributed by atoms with Gasteiger partial charge >= 0.3 is 5.97 Å². The summed E-state index contributed by atoms with van der Waals surface area (Å²) in [4.78, 5) is 17.2. The first-order valence-corrected chi connectivity index (χ1v) is 6.52. The largest absolute Gasteiger partial charge is 0.476 e. The van der Waals surface area contributed by atoms with Gasteiger partial charge in [0.05, 0.1) is 5.69 Å². The lowest BCUT2D eigenvalue weighted by Gasteiger charge is -2.33. The summed E-state index contributed by atoms with van der Waals surface area (Å²) < 4.78 is 0. The molecule has 102 valence electrons. The summed E-state index contributed by atoms with van der Waals surface area (Å²) in [6.45, 7) is 8.22. The lowest BCUT2D eigenvalue weighted by atomic mass is 9.83. The molecule has 1 N–H and O–H groups in total. The van der Waals surface area contributed by atoms with Crippen LogP contribution in [0.15, 0.2) is 30.0 Å². The highest BCUT2D eigenvalue weighted by molar-refractivity contribution is 5.92. The summed E-state index contributed by atoms with van der Waals surface area (Å²) in [5.41, 5.74) is 2.47. The van der Waals surface area contributed by atoms with Crippen LogP contribution in [0.25, 0.3) is 0 Å². The zero-order valence-corrected chi connectivity index (χ0v) is 11.7. The minimum absolute atomic E-state index is 0.134. The molecule has 0 radical (unpaired) electrons. The Morgan fingerprint density at radius 1 is 1.42 bits per heavy atom. The third-order valence-corrected chi connectivity index (χ3v) is 3.50. The second kappa shape index (κ2) is 5.03. The zero-order valence-electron chi connectivity index (χ0n) is 11.7. The minimum Gasteiger partial charge on any atom is -0.476 e. The zero-order chi connectivity index (χ0) is 14.0. The number of aromatic carboxylic acids is 1. The van der Waals surface area contributed by atoms with E-state index in [0.717, 1.165) is 19.5 Å². The highest BCUT2D eigenvalue weighted by atomic mass is 16.4. The van der Waals surface area contributed by atoms with Crippen LogP contribution in [0.2, 0.25) is 0 Å². The standard InChI is InChI=1S/C15H20N2O2/c1-15(2,3)11-6-9-17(10-7-11)12-5-4-8-16-13(12)14(18)19/h4-6,8H,7,9-10H2,1-3H3,(H,18,19). The average Bonchev–Trinajstić information content (AvgIpc) is 2.38. The quantitative estimate of drug-likeness (QED) is 0.831. The van der Waals surface area contributed by atoms with E-state index in [1.54, 1.807) is 6.07 Å². The maximum atomic E-state index is 11.2. The van der Waals surface area contributed by atoms with Gasteiger partial charge in [0.2, 0.25) is 0 Å². The van der Waals surface area contributed by atoms with Gasteiger partial charge < -0.3 is 10.0 Å². The van der Waals surface area contributed by atoms with Crippen LogP contribution >= 0.6 is 0 Å². The van der Waals surface area contributed by atoms with E-state index in [-0.39, 0.29) is 11.1 Å². The fourth-order valence-corrected chi connectivity index (χ4v) is 2.39. The van der Waals surface area contributed by atoms with Gasteiger partial charge in [0.15, 0.2) is 5.69 Å². The molecular formula is C15H20N2O2. The van der Waals surface area contributed by atoms with Crippen LogP contribution in [-0.2, 0) is 0 Å². The van der Waals surface area contributed by atoms with Crippen molar-refractivity contribution >= 4 is 11.7 Å². The number of rotatable bonds is 2. The summed E-state index contributed by atoms with van der Waals surface area (Å²) in [7, 11) is 0. The molecule has 4 heteroatoms. The Kier molecular flexibility index (Phi) is 3.60. The maximum absolute atomic E-state index is 11.2. The van der Waals surface area contributed by atoms with Crippen molar-refractivity contribution < 1.29 is 9.90 Å². The molecule has 1 aliphatic heterocycles. The summed E-state index contributed by atoms with van der Waals surface area (Å²) in [5.74, 6) is -0.971. The van der Waals surface area contributed by atoms with Crippen molar-refractivity contribution in [2.45, 2.75) is 27.2 Å². The molecule has 0 bridgehead atoms. The van der Waals surface area contributed by atoms with Gasteiger partial charge in [-0.1, -0.05) is 32.4 Å². The molecule has 2 rings (SSSR count). The molecule has 0 amide bonds. The maximum Gasteiger partial charge on any atom is 0.356 e. The smallest absolute Gasteiger partial charge is 0.356 e. The van der Waals surface area contributed by atoms with Crippen molar-refractivity contribution in [3.63, 3.8) is 0 Å². The molecular weight excluding hydrogens is 240 g/mol. The van der Waals surface area contributed by atoms with Crippen LogP contribution < -0.4 is 4.90 Å². The monoisotopic (exact) mass is 260 g/mol. The topological polar surface area (TPSA) is 53.4 Å². The molecule has 0 atom stereocenters. The molecule has 0 aliphatic carbocycles. The first kappa shape index (κ1) is 13.6. The summed E-state index contributed by atoms with van der Waals surface area (Å²) >= 11 is 0. The molecule has 2 heterocycles. The minimum atomic E-state index is -0.971. The number of pyridine rings is 1. The lowest BCUT2D eigenvalue weighted by molar-refractivity contribution is 0.0691. The van der Waals surface area contributed by atoms with Gasteiger partial charge in [0.25, 0.3) is 0 Å². The number of hydrogen-bond acceptors (Lipinski definition) is 3. The second-order valence-corrected chi connectivity index (χ2v) is 5.85. The number of hydrogen-bond donors (Lipinski definition) is 1. The van der Waals surface area contributed by atoms with Crippen molar-refractivity contribution in [2.24, 2.45) is 5.41 Å². The second-order valence-electron chi connectivity index (χ2n) is 5.85. The van der Waals surface area contributed by atoms with Gasteiger partial charge in [0.1, 0.15) is 0 Å². The Morgan fingerprint density at radius 2 is 2.16 bits per heavy atom. The molecule has 1 aromatic rings. The Hall–Kier alpha value is -1.84. The summed E-state index contributed by atoms with van der Waals surface area (Å²) in [5, 5.41) is 9.17. The van der Waals surface area contributed by atoms with Crippen LogP contribution in [0.4, 0.5) is 5.69 Å². The molecule has 0 saturated carbocycles. The van der Waals surface area contributed by atoms with Crippen molar-refractivity contribution in [1.82, 2.24) is 4.98 Å². The Labute approximate surface area is 113 Å². The van der Waals surface area contributed by atoms with Crippen molar-refractivity contribution in [3.8, 4) is 0 Å². The lowest BCUT2D eigenvalue weighted by Crippen LogP contribution is -2.32. The van der Waals surface area contributed by atoms with Gasteiger partial charge in [-0.2, -0.15) is 0 Å². The normalized spacial score (nSPS) is 16.2. The first-order chi connectivity index (χ1) is 8.89. The number of aromatic nitrogens is 1. The molecule has 0 spiro atoms. The van der Waals surface area contributed by atoms with E-state index in [2.05, 4.69) is 36.7 Å². The van der Waals surface area contributed by atoms with E-state index in [9.17, 15) is 9.90 Å². The van der Waals surface area contributed by atoms with Gasteiger partial charge in [-0.3, -0.25) is 0 Å². The molecule has 0 unspecified atom stereocenters. The number of anilines is 1. The third-order valence-electron chi connectivity index (χ3n) is 3.50. The van der Waals surface area contributed by atoms with Gasteiger partial charge in [-0.15, -0.1) is 0 Å². The van der Waals surface area contributed by atoms with Crippen LogP contribution in [0.5, 0.6) is 0 Å². The predicted molar refractivity (Wildman–Crippen MR) is 75.6 cm³/mol. The van der Waals surface area contributed by atoms with E-state index in [1.807, 2.05) is 6.07 Å². The van der Waals surface area contributed by atoms with E-state index < -0.39 is 5.97 Å². The molecule has 0 saturated heterocycles. The molecule has 19 heavy (non-hydrogen) atoms. The van der Waals surface area contributed by atoms with Gasteiger partial charge in [-0.25, -0.2) is 9.78 Å². The van der Waals surface area contributed by atoms with Gasteiger partial charge in [-0.05, 0) is 24.0 Å². The van der Waals surface area contributed by atoms with E-state index in [4.69, 9.17) is 0 Å². The molecule has 0 fully saturated rings. The van der Waals surface area contributed by atoms with E-state index in [0.29, 0.717) is 5.69 Å². The highest BCUT2D eigenvalue weighted by Gasteiger charge is 2.23. The average molecular weight is 260 g/mol. The molecule has 1 aromatic heterocycles. The van der Waals surface area contributed by atoms with Crippen LogP contribution in [0.1, 0.15) is 37.7 Å². The van der Waals surface area contributed by atoms with E-state index >= 15 is 0 Å². The Bertz CT molecular complexity index is 515. The van der Waals surface area contributed by atoms with Crippen LogP contribution in [0, 0.1) is 5.41 Å². The first-order valence-electron chi connectivity index (χ1n) is 6.52. The number of carboxylic acid groups (broad SMARTS) is 1. The number of carboxylic acids is 1. The molecule has 0 aromatic carbocycles. The predicted octanol–water partition coefficient (Wildman–Crippen LogP) is 2.96. The summed E-state index contributed by atoms with van der Waals surface area (Å²) in [6, 6.07) is 3.61. The summed E-state index contributed by atoms with van der Waals surface area (Å²) in [6.07, 6.45) is 4.70. The SMILES string of the molecule is CC(C)(C)C1=CCN(c2cccnc2C(=O)O)CC1. The van der Waals surface area contributed by atoms with Crippen molar-refractivity contribution in [1.29, 1.82) is 0 Å². The Morgan fingerprint density at radius 3 is 2.68 bits per heavy atom. The van der Waals surface area contributed by atoms with Crippen molar-refractivity contribution in [2.75, 3.05) is 18.0 Å². The number of carbonyl (C=O) groups is 1. The highest BCUT2D eigenvalue weighted by Crippen LogP contribution is 2.32. The third kappa shape index (κ3) is 2.95. The van der Waals surface area contributed by atoms with Crippen LogP contribution in [-0.4, -0.2) is 29.1 Å². The fourth-order valence-electron chi connectivity index (χ4n) is 2.39.